The first kappa shape index (κ1) is 11.2. The van der Waals surface area contributed by atoms with Crippen molar-refractivity contribution < 1.29 is 13.2 Å². The van der Waals surface area contributed by atoms with Crippen molar-refractivity contribution in [1.82, 2.24) is 9.47 Å². The summed E-state index contributed by atoms with van der Waals surface area (Å²) in [5.41, 5.74) is 0. The number of nitrogens with zero attached hydrogens (tertiary/aromatic N) is 2. The van der Waals surface area contributed by atoms with Crippen molar-refractivity contribution in [1.29, 1.82) is 0 Å². The molecular weight excluding hydrogens is 230 g/mol. The summed E-state index contributed by atoms with van der Waals surface area (Å²) >= 11 is 0. The number of primary sulfonamides is 1. The number of aromatic nitrogens is 1. The molecule has 1 aliphatic heterocycles. The molecule has 0 bridgehead atoms. The number of sulfonamides is 1. The zero-order chi connectivity index (χ0) is 11.8. The molecule has 1 aliphatic rings. The van der Waals surface area contributed by atoms with E-state index in [4.69, 9.17) is 5.14 Å². The largest absolute Gasteiger partial charge is 0.328 e. The SMILES string of the molecule is NS(=O)(=O)c1ccn(C(=O)N2CCCC2)c1. The predicted molar refractivity (Wildman–Crippen MR) is 57.4 cm³/mol. The summed E-state index contributed by atoms with van der Waals surface area (Å²) in [7, 11) is -3.73. The van der Waals surface area contributed by atoms with Crippen molar-refractivity contribution in [2.45, 2.75) is 17.7 Å². The second-order valence-corrected chi connectivity index (χ2v) is 5.34. The lowest BCUT2D eigenvalue weighted by Crippen LogP contribution is -2.31. The molecule has 1 aromatic heterocycles. The fourth-order valence-electron chi connectivity index (χ4n) is 1.74. The average Bonchev–Trinajstić information content (AvgIpc) is 2.87. The number of carbonyl (C=O) groups is 1. The number of carbonyl (C=O) groups excluding carboxylic acids is 1. The molecule has 16 heavy (non-hydrogen) atoms. The van der Waals surface area contributed by atoms with Crippen molar-refractivity contribution >= 4 is 16.1 Å². The maximum absolute atomic E-state index is 11.8. The van der Waals surface area contributed by atoms with Gasteiger partial charge in [0.05, 0.1) is 4.90 Å². The van der Waals surface area contributed by atoms with E-state index in [2.05, 4.69) is 0 Å². The zero-order valence-corrected chi connectivity index (χ0v) is 9.48. The van der Waals surface area contributed by atoms with E-state index in [-0.39, 0.29) is 10.9 Å². The molecule has 1 saturated heterocycles. The van der Waals surface area contributed by atoms with Gasteiger partial charge in [0.15, 0.2) is 0 Å². The molecule has 88 valence electrons. The lowest BCUT2D eigenvalue weighted by atomic mass is 10.4. The quantitative estimate of drug-likeness (QED) is 0.764. The number of hydrogen-bond acceptors (Lipinski definition) is 3. The van der Waals surface area contributed by atoms with E-state index >= 15 is 0 Å². The number of amides is 1. The first-order valence-electron chi connectivity index (χ1n) is 4.98. The first-order chi connectivity index (χ1) is 7.48. The van der Waals surface area contributed by atoms with E-state index in [0.29, 0.717) is 0 Å². The molecule has 6 nitrogen and oxygen atoms in total. The van der Waals surface area contributed by atoms with Crippen LogP contribution in [0.25, 0.3) is 0 Å². The summed E-state index contributed by atoms with van der Waals surface area (Å²) in [4.78, 5) is 13.5. The Bertz CT molecular complexity index is 500. The molecule has 2 heterocycles. The molecule has 2 rings (SSSR count). The topological polar surface area (TPSA) is 85.4 Å². The molecular formula is C9H13N3O3S. The predicted octanol–water partition coefficient (Wildman–Crippen LogP) is 0.199. The monoisotopic (exact) mass is 243 g/mol. The minimum atomic E-state index is -3.73. The molecule has 0 radical (unpaired) electrons. The summed E-state index contributed by atoms with van der Waals surface area (Å²) in [6.45, 7) is 1.45. The van der Waals surface area contributed by atoms with Crippen LogP contribution >= 0.6 is 0 Å². The normalized spacial score (nSPS) is 16.7. The first-order valence-corrected chi connectivity index (χ1v) is 6.53. The van der Waals surface area contributed by atoms with Gasteiger partial charge in [0.2, 0.25) is 10.0 Å². The smallest absolute Gasteiger partial charge is 0.324 e. The number of nitrogens with two attached hydrogens (primary N) is 1. The minimum absolute atomic E-state index is 0.0416. The highest BCUT2D eigenvalue weighted by molar-refractivity contribution is 7.89. The van der Waals surface area contributed by atoms with Gasteiger partial charge in [0.25, 0.3) is 0 Å². The van der Waals surface area contributed by atoms with Gasteiger partial charge >= 0.3 is 6.03 Å². The van der Waals surface area contributed by atoms with E-state index in [1.807, 2.05) is 0 Å². The fourth-order valence-corrected chi connectivity index (χ4v) is 2.25. The third kappa shape index (κ3) is 2.10. The van der Waals surface area contributed by atoms with Crippen molar-refractivity contribution in [3.63, 3.8) is 0 Å². The van der Waals surface area contributed by atoms with E-state index in [1.54, 1.807) is 4.90 Å². The maximum Gasteiger partial charge on any atom is 0.328 e. The zero-order valence-electron chi connectivity index (χ0n) is 8.67. The Kier molecular flexibility index (Phi) is 2.73. The number of hydrogen-bond donors (Lipinski definition) is 1. The standard InChI is InChI=1S/C9H13N3O3S/c10-16(14,15)8-3-6-12(7-8)9(13)11-4-1-2-5-11/h3,6-7H,1-2,4-5H2,(H2,10,14,15). The van der Waals surface area contributed by atoms with Gasteiger partial charge in [-0.25, -0.2) is 18.4 Å². The van der Waals surface area contributed by atoms with Gasteiger partial charge in [-0.05, 0) is 18.9 Å². The van der Waals surface area contributed by atoms with Gasteiger partial charge < -0.3 is 4.90 Å². The summed E-state index contributed by atoms with van der Waals surface area (Å²) in [5, 5.41) is 4.96. The van der Waals surface area contributed by atoms with E-state index in [9.17, 15) is 13.2 Å². The molecule has 1 amide bonds. The summed E-state index contributed by atoms with van der Waals surface area (Å²) < 4.78 is 23.3. The van der Waals surface area contributed by atoms with Crippen molar-refractivity contribution in [3.8, 4) is 0 Å². The highest BCUT2D eigenvalue weighted by Gasteiger charge is 2.20. The lowest BCUT2D eigenvalue weighted by Gasteiger charge is -2.14. The van der Waals surface area contributed by atoms with Gasteiger partial charge in [-0.15, -0.1) is 0 Å². The van der Waals surface area contributed by atoms with Crippen LogP contribution in [-0.4, -0.2) is 37.0 Å². The van der Waals surface area contributed by atoms with Gasteiger partial charge in [0, 0.05) is 25.5 Å². The Morgan fingerprint density at radius 1 is 1.31 bits per heavy atom. The van der Waals surface area contributed by atoms with Crippen LogP contribution in [0.1, 0.15) is 12.8 Å². The molecule has 0 aromatic carbocycles. The summed E-state index contributed by atoms with van der Waals surface area (Å²) in [5.74, 6) is 0. The minimum Gasteiger partial charge on any atom is -0.324 e. The van der Waals surface area contributed by atoms with Crippen LogP contribution in [0.4, 0.5) is 4.79 Å². The van der Waals surface area contributed by atoms with Crippen molar-refractivity contribution in [3.05, 3.63) is 18.5 Å². The van der Waals surface area contributed by atoms with Crippen LogP contribution in [0.2, 0.25) is 0 Å². The Balaban J connectivity index is 2.22. The van der Waals surface area contributed by atoms with Gasteiger partial charge in [0.1, 0.15) is 0 Å². The van der Waals surface area contributed by atoms with Crippen LogP contribution in [0.3, 0.4) is 0 Å². The number of likely N-dealkylation sites (tertiary alicyclic amines) is 1. The van der Waals surface area contributed by atoms with Crippen LogP contribution in [0.5, 0.6) is 0 Å². The number of rotatable bonds is 1. The van der Waals surface area contributed by atoms with Crippen LogP contribution in [0.15, 0.2) is 23.4 Å². The lowest BCUT2D eigenvalue weighted by molar-refractivity contribution is 0.210. The Morgan fingerprint density at radius 2 is 1.94 bits per heavy atom. The van der Waals surface area contributed by atoms with E-state index < -0.39 is 10.0 Å². The average molecular weight is 243 g/mol. The molecule has 0 atom stereocenters. The van der Waals surface area contributed by atoms with Gasteiger partial charge in [-0.3, -0.25) is 4.57 Å². The molecule has 7 heteroatoms. The highest BCUT2D eigenvalue weighted by Crippen LogP contribution is 2.12. The Labute approximate surface area is 93.7 Å². The molecule has 1 aromatic rings. The van der Waals surface area contributed by atoms with E-state index in [0.717, 1.165) is 25.9 Å². The van der Waals surface area contributed by atoms with Gasteiger partial charge in [-0.2, -0.15) is 0 Å². The van der Waals surface area contributed by atoms with Crippen LogP contribution < -0.4 is 5.14 Å². The third-order valence-electron chi connectivity index (χ3n) is 2.59. The molecule has 0 saturated carbocycles. The third-order valence-corrected chi connectivity index (χ3v) is 3.49. The van der Waals surface area contributed by atoms with Crippen molar-refractivity contribution in [2.75, 3.05) is 13.1 Å². The molecule has 0 spiro atoms. The maximum atomic E-state index is 11.8. The second-order valence-electron chi connectivity index (χ2n) is 3.78. The molecule has 0 aliphatic carbocycles. The van der Waals surface area contributed by atoms with Crippen LogP contribution in [-0.2, 0) is 10.0 Å². The molecule has 2 N–H and O–H groups in total. The van der Waals surface area contributed by atoms with Crippen molar-refractivity contribution in [2.24, 2.45) is 5.14 Å². The van der Waals surface area contributed by atoms with Crippen LogP contribution in [0, 0.1) is 0 Å². The molecule has 0 unspecified atom stereocenters. The summed E-state index contributed by atoms with van der Waals surface area (Å²) in [6, 6.07) is 1.12. The second kappa shape index (κ2) is 3.91. The highest BCUT2D eigenvalue weighted by atomic mass is 32.2. The Hall–Kier alpha value is -1.34. The van der Waals surface area contributed by atoms with E-state index in [1.165, 1.54) is 23.0 Å². The molecule has 1 fully saturated rings. The Morgan fingerprint density at radius 3 is 2.44 bits per heavy atom. The van der Waals surface area contributed by atoms with Gasteiger partial charge in [-0.1, -0.05) is 0 Å². The fraction of sp³-hybridized carbons (Fsp3) is 0.444. The summed E-state index contributed by atoms with van der Waals surface area (Å²) in [6.07, 6.45) is 4.65.